The minimum absolute atomic E-state index is 0.142. The fourth-order valence-corrected chi connectivity index (χ4v) is 2.28. The second-order valence-electron chi connectivity index (χ2n) is 5.05. The van der Waals surface area contributed by atoms with E-state index >= 15 is 0 Å². The lowest BCUT2D eigenvalue weighted by molar-refractivity contribution is -0.137. The predicted octanol–water partition coefficient (Wildman–Crippen LogP) is 2.25. The third-order valence-electron chi connectivity index (χ3n) is 3.40. The van der Waals surface area contributed by atoms with Gasteiger partial charge in [0.15, 0.2) is 0 Å². The lowest BCUT2D eigenvalue weighted by Gasteiger charge is -2.29. The van der Waals surface area contributed by atoms with Gasteiger partial charge < -0.3 is 4.74 Å². The fraction of sp³-hybridized carbons (Fsp3) is 0.538. The number of benzene rings is 1. The highest BCUT2D eigenvalue weighted by molar-refractivity contribution is 5.55. The maximum Gasteiger partial charge on any atom is 0.418 e. The van der Waals surface area contributed by atoms with Crippen molar-refractivity contribution in [1.29, 1.82) is 0 Å². The van der Waals surface area contributed by atoms with E-state index in [1.807, 2.05) is 0 Å². The lowest BCUT2D eigenvalue weighted by Crippen LogP contribution is -2.42. The zero-order chi connectivity index (χ0) is 15.6. The number of hydroxylamine groups is 1. The van der Waals surface area contributed by atoms with Gasteiger partial charge in [-0.1, -0.05) is 0 Å². The van der Waals surface area contributed by atoms with Crippen LogP contribution < -0.4 is 15.6 Å². The van der Waals surface area contributed by atoms with Crippen molar-refractivity contribution in [3.8, 4) is 5.75 Å². The first kappa shape index (κ1) is 15.9. The molecule has 5 nitrogen and oxygen atoms in total. The van der Waals surface area contributed by atoms with Gasteiger partial charge in [0.2, 0.25) is 0 Å². The molecular weight excluding hydrogens is 287 g/mol. The van der Waals surface area contributed by atoms with Crippen molar-refractivity contribution in [2.45, 2.75) is 25.1 Å². The third kappa shape index (κ3) is 3.99. The fourth-order valence-electron chi connectivity index (χ4n) is 2.28. The first-order valence-corrected chi connectivity index (χ1v) is 6.57. The zero-order valence-corrected chi connectivity index (χ0v) is 11.6. The number of ether oxygens (including phenoxy) is 1. The van der Waals surface area contributed by atoms with Crippen LogP contribution in [0.1, 0.15) is 18.4 Å². The summed E-state index contributed by atoms with van der Waals surface area (Å²) in [5, 5.41) is 11.4. The Balaban J connectivity index is 2.18. The van der Waals surface area contributed by atoms with E-state index in [1.165, 1.54) is 12.1 Å². The summed E-state index contributed by atoms with van der Waals surface area (Å²) in [6.07, 6.45) is -3.38. The van der Waals surface area contributed by atoms with Gasteiger partial charge in [0.1, 0.15) is 11.9 Å². The van der Waals surface area contributed by atoms with Gasteiger partial charge in [0.05, 0.1) is 11.3 Å². The van der Waals surface area contributed by atoms with Crippen molar-refractivity contribution in [1.82, 2.24) is 5.01 Å². The molecule has 0 amide bonds. The van der Waals surface area contributed by atoms with E-state index in [9.17, 15) is 18.4 Å². The molecule has 118 valence electrons. The Morgan fingerprint density at radius 3 is 2.48 bits per heavy atom. The molecule has 1 saturated heterocycles. The number of hydrogen-bond acceptors (Lipinski definition) is 5. The van der Waals surface area contributed by atoms with Crippen LogP contribution in [0.4, 0.5) is 18.9 Å². The van der Waals surface area contributed by atoms with Crippen molar-refractivity contribution < 1.29 is 23.1 Å². The molecule has 0 saturated carbocycles. The van der Waals surface area contributed by atoms with Gasteiger partial charge in [0, 0.05) is 20.1 Å². The van der Waals surface area contributed by atoms with Gasteiger partial charge in [-0.2, -0.15) is 13.2 Å². The lowest BCUT2D eigenvalue weighted by atomic mass is 10.1. The molecule has 1 aromatic rings. The van der Waals surface area contributed by atoms with Gasteiger partial charge >= 0.3 is 6.18 Å². The van der Waals surface area contributed by atoms with Crippen molar-refractivity contribution in [2.24, 2.45) is 5.84 Å². The van der Waals surface area contributed by atoms with Crippen molar-refractivity contribution in [3.63, 3.8) is 0 Å². The molecule has 1 aliphatic heterocycles. The monoisotopic (exact) mass is 305 g/mol. The van der Waals surface area contributed by atoms with Crippen molar-refractivity contribution in [2.75, 3.05) is 25.2 Å². The Labute approximate surface area is 120 Å². The number of anilines is 1. The summed E-state index contributed by atoms with van der Waals surface area (Å²) in [7, 11) is 1.14. The Morgan fingerprint density at radius 1 is 1.33 bits per heavy atom. The summed E-state index contributed by atoms with van der Waals surface area (Å²) in [6, 6.07) is 3.53. The summed E-state index contributed by atoms with van der Waals surface area (Å²) >= 11 is 0. The van der Waals surface area contributed by atoms with Gasteiger partial charge in [0.25, 0.3) is 0 Å². The molecule has 0 aliphatic carbocycles. The second kappa shape index (κ2) is 6.08. The smallest absolute Gasteiger partial charge is 0.418 e. The van der Waals surface area contributed by atoms with E-state index in [0.717, 1.165) is 13.1 Å². The van der Waals surface area contributed by atoms with Crippen LogP contribution in [0, 0.1) is 0 Å². The van der Waals surface area contributed by atoms with Crippen molar-refractivity contribution >= 4 is 5.69 Å². The van der Waals surface area contributed by atoms with E-state index in [4.69, 9.17) is 10.6 Å². The Hall–Kier alpha value is -1.51. The topological polar surface area (TPSA) is 62.0 Å². The molecule has 0 atom stereocenters. The molecule has 0 radical (unpaired) electrons. The van der Waals surface area contributed by atoms with Crippen LogP contribution in [0.2, 0.25) is 0 Å². The number of nitrogens with zero attached hydrogens (tertiary/aromatic N) is 2. The number of hydrazine groups is 1. The third-order valence-corrected chi connectivity index (χ3v) is 3.40. The molecule has 1 fully saturated rings. The van der Waals surface area contributed by atoms with Crippen LogP contribution in [-0.4, -0.2) is 36.5 Å². The molecule has 0 aromatic heterocycles. The molecule has 1 heterocycles. The van der Waals surface area contributed by atoms with Gasteiger partial charge in [-0.3, -0.25) is 16.1 Å². The number of rotatable bonds is 3. The molecule has 0 spiro atoms. The largest absolute Gasteiger partial charge is 0.490 e. The average molecular weight is 305 g/mol. The van der Waals surface area contributed by atoms with Gasteiger partial charge in [-0.25, -0.2) is 5.01 Å². The van der Waals surface area contributed by atoms with Crippen LogP contribution in [0.3, 0.4) is 0 Å². The number of hydrogen-bond donors (Lipinski definition) is 2. The average Bonchev–Trinajstić information content (AvgIpc) is 2.40. The maximum atomic E-state index is 13.0. The van der Waals surface area contributed by atoms with E-state index in [-0.39, 0.29) is 17.5 Å². The SMILES string of the molecule is CN(O)c1ccc(OC2CCN(N)CC2)cc1C(F)(F)F. The molecule has 1 aromatic carbocycles. The zero-order valence-electron chi connectivity index (χ0n) is 11.6. The quantitative estimate of drug-likeness (QED) is 0.662. The first-order chi connectivity index (χ1) is 9.77. The second-order valence-corrected chi connectivity index (χ2v) is 5.05. The molecule has 21 heavy (non-hydrogen) atoms. The highest BCUT2D eigenvalue weighted by Crippen LogP contribution is 2.38. The van der Waals surface area contributed by atoms with E-state index in [2.05, 4.69) is 0 Å². The van der Waals surface area contributed by atoms with Crippen LogP contribution in [-0.2, 0) is 6.18 Å². The number of piperidine rings is 1. The molecule has 0 unspecified atom stereocenters. The van der Waals surface area contributed by atoms with E-state index in [0.29, 0.717) is 31.0 Å². The van der Waals surface area contributed by atoms with Gasteiger partial charge in [-0.05, 0) is 31.0 Å². The van der Waals surface area contributed by atoms with E-state index in [1.54, 1.807) is 5.01 Å². The first-order valence-electron chi connectivity index (χ1n) is 6.57. The highest BCUT2D eigenvalue weighted by atomic mass is 19.4. The highest BCUT2D eigenvalue weighted by Gasteiger charge is 2.35. The molecule has 1 aliphatic rings. The standard InChI is InChI=1S/C13H18F3N3O2/c1-18(20)12-3-2-10(8-11(12)13(14,15)16)21-9-4-6-19(17)7-5-9/h2-3,8-9,20H,4-7,17H2,1H3. The minimum Gasteiger partial charge on any atom is -0.490 e. The summed E-state index contributed by atoms with van der Waals surface area (Å²) in [5.74, 6) is 5.76. The minimum atomic E-state index is -4.56. The van der Waals surface area contributed by atoms with Gasteiger partial charge in [-0.15, -0.1) is 0 Å². The number of alkyl halides is 3. The van der Waals surface area contributed by atoms with E-state index < -0.39 is 11.7 Å². The molecule has 3 N–H and O–H groups in total. The summed E-state index contributed by atoms with van der Waals surface area (Å²) in [4.78, 5) is 0. The van der Waals surface area contributed by atoms with Crippen molar-refractivity contribution in [3.05, 3.63) is 23.8 Å². The van der Waals surface area contributed by atoms with Crippen LogP contribution >= 0.6 is 0 Å². The maximum absolute atomic E-state index is 13.0. The molecular formula is C13H18F3N3O2. The van der Waals surface area contributed by atoms with Crippen LogP contribution in [0.5, 0.6) is 5.75 Å². The summed E-state index contributed by atoms with van der Waals surface area (Å²) in [6.45, 7) is 1.29. The molecule has 8 heteroatoms. The molecule has 0 bridgehead atoms. The Kier molecular flexibility index (Phi) is 4.60. The van der Waals surface area contributed by atoms with Crippen LogP contribution in [0.25, 0.3) is 0 Å². The number of nitrogens with two attached hydrogens (primary N) is 1. The summed E-state index contributed by atoms with van der Waals surface area (Å²) < 4.78 is 44.6. The Bertz CT molecular complexity index is 486. The van der Waals surface area contributed by atoms with Crippen LogP contribution in [0.15, 0.2) is 18.2 Å². The predicted molar refractivity (Wildman–Crippen MR) is 71.0 cm³/mol. The molecule has 2 rings (SSSR count). The normalized spacial score (nSPS) is 17.8. The number of halogens is 3. The summed E-state index contributed by atoms with van der Waals surface area (Å²) in [5.41, 5.74) is -1.24. The Morgan fingerprint density at radius 2 is 1.95 bits per heavy atom.